The third kappa shape index (κ3) is 0.601. The van der Waals surface area contributed by atoms with Crippen molar-refractivity contribution >= 4 is 5.97 Å². The maximum absolute atomic E-state index is 11.1. The molecule has 3 saturated heterocycles. The van der Waals surface area contributed by atoms with E-state index in [0.717, 1.165) is 12.8 Å². The highest BCUT2D eigenvalue weighted by molar-refractivity contribution is 5.76. The number of hydrogen-bond donors (Lipinski definition) is 0. The highest BCUT2D eigenvalue weighted by Crippen LogP contribution is 2.46. The zero-order chi connectivity index (χ0) is 7.42. The Morgan fingerprint density at radius 2 is 2.09 bits per heavy atom. The van der Waals surface area contributed by atoms with Crippen LogP contribution in [0.2, 0.25) is 0 Å². The van der Waals surface area contributed by atoms with Gasteiger partial charge < -0.3 is 9.47 Å². The summed E-state index contributed by atoms with van der Waals surface area (Å²) in [6, 6.07) is 0. The van der Waals surface area contributed by atoms with E-state index in [9.17, 15) is 4.79 Å². The summed E-state index contributed by atoms with van der Waals surface area (Å²) < 4.78 is 10.6. The zero-order valence-corrected chi connectivity index (χ0v) is 6.16. The molecule has 3 aliphatic heterocycles. The Hall–Kier alpha value is -0.570. The fraction of sp³-hybridized carbons (Fsp3) is 0.875. The third-order valence-corrected chi connectivity index (χ3v) is 3.11. The van der Waals surface area contributed by atoms with Gasteiger partial charge in [-0.3, -0.25) is 4.79 Å². The van der Waals surface area contributed by atoms with Crippen molar-refractivity contribution in [3.63, 3.8) is 0 Å². The van der Waals surface area contributed by atoms with Crippen molar-refractivity contribution < 1.29 is 14.3 Å². The minimum Gasteiger partial charge on any atom is -0.465 e. The van der Waals surface area contributed by atoms with Gasteiger partial charge in [0.1, 0.15) is 0 Å². The predicted octanol–water partition coefficient (Wildman–Crippen LogP) is 0.337. The van der Waals surface area contributed by atoms with Crippen molar-refractivity contribution in [3.8, 4) is 0 Å². The largest absolute Gasteiger partial charge is 0.465 e. The lowest BCUT2D eigenvalue weighted by atomic mass is 9.81. The summed E-state index contributed by atoms with van der Waals surface area (Å²) in [6.07, 6.45) is 2.71. The van der Waals surface area contributed by atoms with Crippen LogP contribution in [0.4, 0.5) is 0 Å². The van der Waals surface area contributed by atoms with Gasteiger partial charge in [-0.05, 0) is 12.8 Å². The van der Waals surface area contributed by atoms with E-state index in [0.29, 0.717) is 18.6 Å². The van der Waals surface area contributed by atoms with Crippen LogP contribution in [0, 0.1) is 11.8 Å². The fourth-order valence-electron chi connectivity index (χ4n) is 2.59. The van der Waals surface area contributed by atoms with Crippen molar-refractivity contribution in [2.75, 3.05) is 6.61 Å². The van der Waals surface area contributed by atoms with Crippen LogP contribution in [-0.4, -0.2) is 24.8 Å². The molecule has 0 saturated carbocycles. The summed E-state index contributed by atoms with van der Waals surface area (Å²) in [4.78, 5) is 11.1. The van der Waals surface area contributed by atoms with Crippen LogP contribution in [0.3, 0.4) is 0 Å². The van der Waals surface area contributed by atoms with Crippen LogP contribution in [0.5, 0.6) is 0 Å². The molecular weight excluding hydrogens is 144 g/mol. The molecule has 0 aromatic rings. The summed E-state index contributed by atoms with van der Waals surface area (Å²) in [6.45, 7) is 0.602. The minimum absolute atomic E-state index is 0.0257. The van der Waals surface area contributed by atoms with Crippen molar-refractivity contribution in [2.24, 2.45) is 11.8 Å². The Morgan fingerprint density at radius 1 is 1.27 bits per heavy atom. The molecule has 3 fully saturated rings. The standard InChI is InChI=1S/C8H10O3/c9-8-7-4(3-10-8)5-1-2-6(7)11-5/h4-7H,1-3H2/t4-,5-,6-,7+/m1/s1. The Kier molecular flexibility index (Phi) is 0.969. The van der Waals surface area contributed by atoms with Gasteiger partial charge in [-0.25, -0.2) is 0 Å². The SMILES string of the molecule is O=C1OC[C@H]2[C@H]1[C@H]1CC[C@H]2O1. The molecule has 11 heavy (non-hydrogen) atoms. The van der Waals surface area contributed by atoms with Crippen molar-refractivity contribution in [3.05, 3.63) is 0 Å². The number of rotatable bonds is 0. The lowest BCUT2D eigenvalue weighted by molar-refractivity contribution is -0.143. The van der Waals surface area contributed by atoms with Gasteiger partial charge in [-0.2, -0.15) is 0 Å². The molecule has 0 spiro atoms. The van der Waals surface area contributed by atoms with E-state index in [1.165, 1.54) is 0 Å². The number of esters is 1. The zero-order valence-electron chi connectivity index (χ0n) is 6.16. The van der Waals surface area contributed by atoms with Crippen molar-refractivity contribution in [2.45, 2.75) is 25.0 Å². The number of fused-ring (bicyclic) bond motifs is 5. The molecule has 4 atom stereocenters. The van der Waals surface area contributed by atoms with E-state index in [4.69, 9.17) is 9.47 Å². The van der Waals surface area contributed by atoms with Gasteiger partial charge in [0.25, 0.3) is 0 Å². The molecule has 0 aliphatic carbocycles. The maximum Gasteiger partial charge on any atom is 0.312 e. The average molecular weight is 154 g/mol. The van der Waals surface area contributed by atoms with Gasteiger partial charge in [-0.15, -0.1) is 0 Å². The number of cyclic esters (lactones) is 1. The summed E-state index contributed by atoms with van der Waals surface area (Å²) in [7, 11) is 0. The van der Waals surface area contributed by atoms with Crippen LogP contribution in [0.15, 0.2) is 0 Å². The molecule has 0 N–H and O–H groups in total. The Labute approximate surface area is 64.7 Å². The van der Waals surface area contributed by atoms with E-state index in [2.05, 4.69) is 0 Å². The predicted molar refractivity (Wildman–Crippen MR) is 35.8 cm³/mol. The molecule has 0 unspecified atom stereocenters. The summed E-state index contributed by atoms with van der Waals surface area (Å²) >= 11 is 0. The third-order valence-electron chi connectivity index (χ3n) is 3.11. The molecule has 3 heterocycles. The number of carbonyl (C=O) groups is 1. The van der Waals surface area contributed by atoms with E-state index >= 15 is 0 Å². The number of hydrogen-bond acceptors (Lipinski definition) is 3. The maximum atomic E-state index is 11.1. The second kappa shape index (κ2) is 1.78. The second-order valence-electron chi connectivity index (χ2n) is 3.61. The smallest absolute Gasteiger partial charge is 0.312 e. The number of carbonyl (C=O) groups excluding carboxylic acids is 1. The summed E-state index contributed by atoms with van der Waals surface area (Å²) in [5.41, 5.74) is 0. The first kappa shape index (κ1) is 6.00. The molecule has 0 radical (unpaired) electrons. The van der Waals surface area contributed by atoms with Gasteiger partial charge in [0.05, 0.1) is 24.7 Å². The normalized spacial score (nSPS) is 52.9. The van der Waals surface area contributed by atoms with Crippen LogP contribution >= 0.6 is 0 Å². The molecule has 0 aromatic carbocycles. The highest BCUT2D eigenvalue weighted by atomic mass is 16.6. The topological polar surface area (TPSA) is 35.5 Å². The molecule has 3 heteroatoms. The first-order valence-corrected chi connectivity index (χ1v) is 4.18. The lowest BCUT2D eigenvalue weighted by Crippen LogP contribution is -2.27. The Bertz CT molecular complexity index is 213. The van der Waals surface area contributed by atoms with Gasteiger partial charge in [0.2, 0.25) is 0 Å². The molecule has 60 valence electrons. The quantitative estimate of drug-likeness (QED) is 0.472. The lowest BCUT2D eigenvalue weighted by Gasteiger charge is -2.14. The van der Waals surface area contributed by atoms with Gasteiger partial charge in [-0.1, -0.05) is 0 Å². The summed E-state index contributed by atoms with van der Waals surface area (Å²) in [5, 5.41) is 0. The first-order valence-electron chi connectivity index (χ1n) is 4.18. The van der Waals surface area contributed by atoms with Crippen LogP contribution < -0.4 is 0 Å². The van der Waals surface area contributed by atoms with Crippen LogP contribution in [0.25, 0.3) is 0 Å². The molecule has 3 nitrogen and oxygen atoms in total. The van der Waals surface area contributed by atoms with Gasteiger partial charge in [0.15, 0.2) is 0 Å². The van der Waals surface area contributed by atoms with E-state index < -0.39 is 0 Å². The molecule has 0 aromatic heterocycles. The second-order valence-corrected chi connectivity index (χ2v) is 3.61. The molecular formula is C8H10O3. The highest BCUT2D eigenvalue weighted by Gasteiger charge is 2.56. The average Bonchev–Trinajstić information content (AvgIpc) is 2.60. The Balaban J connectivity index is 1.97. The molecule has 2 bridgehead atoms. The molecule has 3 aliphatic rings. The van der Waals surface area contributed by atoms with E-state index in [1.807, 2.05) is 0 Å². The monoisotopic (exact) mass is 154 g/mol. The molecule has 0 amide bonds. The molecule has 3 rings (SSSR count). The van der Waals surface area contributed by atoms with E-state index in [-0.39, 0.29) is 18.0 Å². The minimum atomic E-state index is -0.0257. The van der Waals surface area contributed by atoms with E-state index in [1.54, 1.807) is 0 Å². The van der Waals surface area contributed by atoms with Crippen LogP contribution in [-0.2, 0) is 14.3 Å². The van der Waals surface area contributed by atoms with Crippen LogP contribution in [0.1, 0.15) is 12.8 Å². The van der Waals surface area contributed by atoms with Crippen molar-refractivity contribution in [1.82, 2.24) is 0 Å². The van der Waals surface area contributed by atoms with Crippen molar-refractivity contribution in [1.29, 1.82) is 0 Å². The first-order chi connectivity index (χ1) is 5.36. The Morgan fingerprint density at radius 3 is 2.91 bits per heavy atom. The van der Waals surface area contributed by atoms with Gasteiger partial charge in [0, 0.05) is 5.92 Å². The number of ether oxygens (including phenoxy) is 2. The summed E-state index contributed by atoms with van der Waals surface area (Å²) in [5.74, 6) is 0.456. The van der Waals surface area contributed by atoms with Gasteiger partial charge >= 0.3 is 5.97 Å². The fourth-order valence-corrected chi connectivity index (χ4v) is 2.59.